The molecule has 2 N–H and O–H groups in total. The molecule has 2 rings (SSSR count). The van der Waals surface area contributed by atoms with E-state index >= 15 is 0 Å². The van der Waals surface area contributed by atoms with Gasteiger partial charge in [-0.25, -0.2) is 9.59 Å². The zero-order chi connectivity index (χ0) is 15.4. The van der Waals surface area contributed by atoms with Crippen molar-refractivity contribution in [2.45, 2.75) is 19.8 Å². The monoisotopic (exact) mass is 292 g/mol. The van der Waals surface area contributed by atoms with Crippen molar-refractivity contribution >= 4 is 17.7 Å². The molecule has 0 aliphatic carbocycles. The van der Waals surface area contributed by atoms with E-state index in [1.165, 1.54) is 19.2 Å². The lowest BCUT2D eigenvalue weighted by Crippen LogP contribution is -2.33. The van der Waals surface area contributed by atoms with Crippen molar-refractivity contribution in [2.24, 2.45) is 5.92 Å². The Kier molecular flexibility index (Phi) is 4.67. The summed E-state index contributed by atoms with van der Waals surface area (Å²) in [5, 5.41) is 11.9. The molecule has 114 valence electrons. The number of likely N-dealkylation sites (tertiary alicyclic amines) is 1. The Morgan fingerprint density at radius 3 is 2.81 bits per heavy atom. The van der Waals surface area contributed by atoms with Gasteiger partial charge in [0, 0.05) is 19.2 Å². The number of hydrogen-bond donors (Lipinski definition) is 2. The number of carboxylic acid groups (broad SMARTS) is 1. The van der Waals surface area contributed by atoms with E-state index in [-0.39, 0.29) is 17.3 Å². The molecule has 1 aromatic carbocycles. The van der Waals surface area contributed by atoms with Crippen LogP contribution in [0, 0.1) is 5.92 Å². The summed E-state index contributed by atoms with van der Waals surface area (Å²) in [6.45, 7) is 3.53. The summed E-state index contributed by atoms with van der Waals surface area (Å²) in [6.07, 6.45) is 2.04. The van der Waals surface area contributed by atoms with Gasteiger partial charge in [0.05, 0.1) is 18.4 Å². The third-order valence-electron chi connectivity index (χ3n) is 3.85. The number of carboxylic acids is 1. The highest BCUT2D eigenvalue weighted by atomic mass is 16.5. The standard InChI is InChI=1S/C15H20N2O4/c1-3-10-6-7-17(9-10)15(20)16-13-8-11(21-2)4-5-12(13)14(18)19/h4-5,8,10H,3,6-7,9H2,1-2H3,(H,16,20)(H,18,19). The quantitative estimate of drug-likeness (QED) is 0.894. The van der Waals surface area contributed by atoms with Gasteiger partial charge in [-0.1, -0.05) is 13.3 Å². The van der Waals surface area contributed by atoms with Gasteiger partial charge in [0.25, 0.3) is 0 Å². The number of hydrogen-bond acceptors (Lipinski definition) is 3. The third-order valence-corrected chi connectivity index (χ3v) is 3.85. The number of aromatic carboxylic acids is 1. The lowest BCUT2D eigenvalue weighted by atomic mass is 10.1. The summed E-state index contributed by atoms with van der Waals surface area (Å²) in [6, 6.07) is 4.24. The van der Waals surface area contributed by atoms with Crippen molar-refractivity contribution in [2.75, 3.05) is 25.5 Å². The molecule has 0 radical (unpaired) electrons. The van der Waals surface area contributed by atoms with Crippen LogP contribution in [0.2, 0.25) is 0 Å². The minimum atomic E-state index is -1.08. The number of amides is 2. The number of carbonyl (C=O) groups excluding carboxylic acids is 1. The maximum absolute atomic E-state index is 12.2. The number of carbonyl (C=O) groups is 2. The van der Waals surface area contributed by atoms with Crippen LogP contribution in [0.3, 0.4) is 0 Å². The topological polar surface area (TPSA) is 78.9 Å². The fourth-order valence-electron chi connectivity index (χ4n) is 2.48. The minimum absolute atomic E-state index is 0.0513. The van der Waals surface area contributed by atoms with Gasteiger partial charge in [0.15, 0.2) is 0 Å². The summed E-state index contributed by atoms with van der Waals surface area (Å²) < 4.78 is 5.07. The number of rotatable bonds is 4. The number of nitrogens with zero attached hydrogens (tertiary/aromatic N) is 1. The number of nitrogens with one attached hydrogen (secondary N) is 1. The highest BCUT2D eigenvalue weighted by Gasteiger charge is 2.25. The Bertz CT molecular complexity index is 544. The van der Waals surface area contributed by atoms with E-state index in [1.54, 1.807) is 11.0 Å². The number of benzene rings is 1. The minimum Gasteiger partial charge on any atom is -0.497 e. The summed E-state index contributed by atoms with van der Waals surface area (Å²) in [5.74, 6) is -0.0519. The highest BCUT2D eigenvalue weighted by Crippen LogP contribution is 2.25. The zero-order valence-electron chi connectivity index (χ0n) is 12.3. The molecule has 21 heavy (non-hydrogen) atoms. The first-order valence-corrected chi connectivity index (χ1v) is 7.02. The largest absolute Gasteiger partial charge is 0.497 e. The SMILES string of the molecule is CCC1CCN(C(=O)Nc2cc(OC)ccc2C(=O)O)C1. The Labute approximate surface area is 123 Å². The maximum atomic E-state index is 12.2. The number of urea groups is 1. The number of anilines is 1. The Hall–Kier alpha value is -2.24. The van der Waals surface area contributed by atoms with Gasteiger partial charge < -0.3 is 20.1 Å². The lowest BCUT2D eigenvalue weighted by molar-refractivity contribution is 0.0698. The average Bonchev–Trinajstić information content (AvgIpc) is 2.95. The molecule has 0 saturated carbocycles. The van der Waals surface area contributed by atoms with Crippen LogP contribution in [0.5, 0.6) is 5.75 Å². The van der Waals surface area contributed by atoms with Crippen molar-refractivity contribution in [3.05, 3.63) is 23.8 Å². The van der Waals surface area contributed by atoms with Crippen molar-refractivity contribution in [3.8, 4) is 5.75 Å². The predicted molar refractivity (Wildman–Crippen MR) is 78.9 cm³/mol. The number of ether oxygens (including phenoxy) is 1. The van der Waals surface area contributed by atoms with Crippen molar-refractivity contribution in [1.82, 2.24) is 4.90 Å². The van der Waals surface area contributed by atoms with Crippen molar-refractivity contribution < 1.29 is 19.4 Å². The molecule has 1 saturated heterocycles. The van der Waals surface area contributed by atoms with Gasteiger partial charge in [-0.2, -0.15) is 0 Å². The second-order valence-electron chi connectivity index (χ2n) is 5.16. The third kappa shape index (κ3) is 3.45. The van der Waals surface area contributed by atoms with Crippen LogP contribution in [-0.4, -0.2) is 42.2 Å². The molecule has 1 heterocycles. The highest BCUT2D eigenvalue weighted by molar-refractivity contribution is 6.00. The Morgan fingerprint density at radius 2 is 2.24 bits per heavy atom. The van der Waals surface area contributed by atoms with Crippen LogP contribution in [0.4, 0.5) is 10.5 Å². The summed E-state index contributed by atoms with van der Waals surface area (Å²) in [4.78, 5) is 25.2. The smallest absolute Gasteiger partial charge is 0.337 e. The van der Waals surface area contributed by atoms with E-state index in [2.05, 4.69) is 12.2 Å². The summed E-state index contributed by atoms with van der Waals surface area (Å²) in [7, 11) is 1.49. The molecule has 0 spiro atoms. The second-order valence-corrected chi connectivity index (χ2v) is 5.16. The second kappa shape index (κ2) is 6.47. The molecule has 6 nitrogen and oxygen atoms in total. The van der Waals surface area contributed by atoms with Crippen LogP contribution in [0.25, 0.3) is 0 Å². The molecule has 6 heteroatoms. The molecule has 0 aromatic heterocycles. The van der Waals surface area contributed by atoms with Crippen LogP contribution >= 0.6 is 0 Å². The van der Waals surface area contributed by atoms with Crippen LogP contribution in [0.15, 0.2) is 18.2 Å². The molecule has 1 aliphatic rings. The van der Waals surface area contributed by atoms with Gasteiger partial charge in [0.1, 0.15) is 5.75 Å². The van der Waals surface area contributed by atoms with Gasteiger partial charge in [0.2, 0.25) is 0 Å². The van der Waals surface area contributed by atoms with E-state index in [0.717, 1.165) is 12.8 Å². The molecule has 1 aromatic rings. The summed E-state index contributed by atoms with van der Waals surface area (Å²) >= 11 is 0. The van der Waals surface area contributed by atoms with Crippen molar-refractivity contribution in [3.63, 3.8) is 0 Å². The van der Waals surface area contributed by atoms with E-state index in [4.69, 9.17) is 4.74 Å². The molecule has 1 aliphatic heterocycles. The van der Waals surface area contributed by atoms with Crippen LogP contribution in [-0.2, 0) is 0 Å². The molecular formula is C15H20N2O4. The molecule has 1 fully saturated rings. The van der Waals surface area contributed by atoms with Crippen molar-refractivity contribution in [1.29, 1.82) is 0 Å². The first-order valence-electron chi connectivity index (χ1n) is 7.02. The maximum Gasteiger partial charge on any atom is 0.337 e. The van der Waals surface area contributed by atoms with E-state index in [0.29, 0.717) is 24.8 Å². The van der Waals surface area contributed by atoms with Crippen LogP contribution < -0.4 is 10.1 Å². The predicted octanol–water partition coefficient (Wildman–Crippen LogP) is 2.66. The Balaban J connectivity index is 2.14. The molecule has 0 bridgehead atoms. The first-order chi connectivity index (χ1) is 10.0. The first kappa shape index (κ1) is 15.2. The van der Waals surface area contributed by atoms with Gasteiger partial charge >= 0.3 is 12.0 Å². The average molecular weight is 292 g/mol. The number of methoxy groups -OCH3 is 1. The van der Waals surface area contributed by atoms with E-state index < -0.39 is 5.97 Å². The fraction of sp³-hybridized carbons (Fsp3) is 0.467. The zero-order valence-corrected chi connectivity index (χ0v) is 12.3. The molecule has 1 unspecified atom stereocenters. The lowest BCUT2D eigenvalue weighted by Gasteiger charge is -2.18. The van der Waals surface area contributed by atoms with Gasteiger partial charge in [-0.05, 0) is 24.5 Å². The van der Waals surface area contributed by atoms with Crippen LogP contribution in [0.1, 0.15) is 30.1 Å². The molecule has 1 atom stereocenters. The van der Waals surface area contributed by atoms with E-state index in [1.807, 2.05) is 0 Å². The molecule has 2 amide bonds. The molecular weight excluding hydrogens is 272 g/mol. The Morgan fingerprint density at radius 1 is 1.48 bits per heavy atom. The fourth-order valence-corrected chi connectivity index (χ4v) is 2.48. The van der Waals surface area contributed by atoms with Gasteiger partial charge in [-0.15, -0.1) is 0 Å². The summed E-state index contributed by atoms with van der Waals surface area (Å²) in [5.41, 5.74) is 0.308. The van der Waals surface area contributed by atoms with Gasteiger partial charge in [-0.3, -0.25) is 0 Å². The normalized spacial score (nSPS) is 17.6. The van der Waals surface area contributed by atoms with E-state index in [9.17, 15) is 14.7 Å².